The molecule has 2 aromatic rings. The summed E-state index contributed by atoms with van der Waals surface area (Å²) in [5.74, 6) is 0.0248. The molecule has 0 aromatic heterocycles. The Labute approximate surface area is 160 Å². The Hall–Kier alpha value is -2.82. The average molecular weight is 369 g/mol. The molecule has 144 valence electrons. The lowest BCUT2D eigenvalue weighted by atomic mass is 10.1. The average Bonchev–Trinajstić information content (AvgIpc) is 2.68. The number of nitrogens with zero attached hydrogens (tertiary/aromatic N) is 1. The first-order valence-corrected chi connectivity index (χ1v) is 9.14. The van der Waals surface area contributed by atoms with Crippen molar-refractivity contribution >= 4 is 11.9 Å². The summed E-state index contributed by atoms with van der Waals surface area (Å²) in [6, 6.07) is 15.7. The third-order valence-corrected chi connectivity index (χ3v) is 4.23. The van der Waals surface area contributed by atoms with E-state index in [2.05, 4.69) is 19.1 Å². The van der Waals surface area contributed by atoms with Gasteiger partial charge in [0.1, 0.15) is 5.75 Å². The van der Waals surface area contributed by atoms with Crippen LogP contribution in [0.15, 0.2) is 48.5 Å². The van der Waals surface area contributed by atoms with Gasteiger partial charge in [0.25, 0.3) is 5.91 Å². The van der Waals surface area contributed by atoms with Crippen LogP contribution in [0.25, 0.3) is 0 Å². The van der Waals surface area contributed by atoms with Crippen LogP contribution in [-0.2, 0) is 27.3 Å². The second kappa shape index (κ2) is 10.4. The highest BCUT2D eigenvalue weighted by atomic mass is 16.5. The Kier molecular flexibility index (Phi) is 7.86. The number of aryl methyl sites for hydroxylation is 2. The van der Waals surface area contributed by atoms with Gasteiger partial charge >= 0.3 is 5.97 Å². The summed E-state index contributed by atoms with van der Waals surface area (Å²) in [5, 5.41) is 0. The fraction of sp³-hybridized carbons (Fsp3) is 0.364. The molecular formula is C22H27NO4. The third kappa shape index (κ3) is 7.13. The minimum atomic E-state index is -0.448. The van der Waals surface area contributed by atoms with E-state index in [1.165, 1.54) is 5.56 Å². The van der Waals surface area contributed by atoms with Crippen LogP contribution >= 0.6 is 0 Å². The largest absolute Gasteiger partial charge is 0.493 e. The summed E-state index contributed by atoms with van der Waals surface area (Å²) in [7, 11) is 1.70. The van der Waals surface area contributed by atoms with E-state index in [0.29, 0.717) is 12.3 Å². The van der Waals surface area contributed by atoms with Crippen molar-refractivity contribution in [2.45, 2.75) is 33.2 Å². The Morgan fingerprint density at radius 2 is 1.59 bits per heavy atom. The van der Waals surface area contributed by atoms with Crippen LogP contribution in [0.5, 0.6) is 5.75 Å². The molecule has 0 saturated heterocycles. The summed E-state index contributed by atoms with van der Waals surface area (Å²) < 4.78 is 10.5. The molecule has 5 nitrogen and oxygen atoms in total. The number of amides is 1. The second-order valence-electron chi connectivity index (χ2n) is 6.49. The van der Waals surface area contributed by atoms with Gasteiger partial charge in [-0.3, -0.25) is 9.59 Å². The number of benzene rings is 2. The molecule has 5 heteroatoms. The lowest BCUT2D eigenvalue weighted by Gasteiger charge is -2.17. The molecule has 0 heterocycles. The molecule has 1 amide bonds. The van der Waals surface area contributed by atoms with Crippen molar-refractivity contribution in [2.75, 3.05) is 20.3 Å². The molecule has 0 fully saturated rings. The number of rotatable bonds is 9. The van der Waals surface area contributed by atoms with Crippen molar-refractivity contribution in [1.82, 2.24) is 4.90 Å². The quantitative estimate of drug-likeness (QED) is 0.635. The maximum atomic E-state index is 12.1. The standard InChI is InChI=1S/C22H27NO4/c1-4-18-7-9-19(10-8-18)15-23(3)21(24)16-27-22(25)13-14-26-20-11-5-17(2)6-12-20/h5-12H,4,13-16H2,1-3H3. The number of ether oxygens (including phenoxy) is 2. The predicted octanol–water partition coefficient (Wildman–Crippen LogP) is 3.53. The number of hydrogen-bond acceptors (Lipinski definition) is 4. The fourth-order valence-corrected chi connectivity index (χ4v) is 2.45. The first-order chi connectivity index (χ1) is 13.0. The van der Waals surface area contributed by atoms with Crippen LogP contribution in [0.1, 0.15) is 30.0 Å². The van der Waals surface area contributed by atoms with Crippen LogP contribution in [0.3, 0.4) is 0 Å². The second-order valence-corrected chi connectivity index (χ2v) is 6.49. The molecule has 0 saturated carbocycles. The molecular weight excluding hydrogens is 342 g/mol. The van der Waals surface area contributed by atoms with E-state index in [0.717, 1.165) is 17.5 Å². The normalized spacial score (nSPS) is 10.3. The molecule has 0 aliphatic rings. The van der Waals surface area contributed by atoms with Crippen molar-refractivity contribution < 1.29 is 19.1 Å². The van der Waals surface area contributed by atoms with Gasteiger partial charge in [0.15, 0.2) is 6.61 Å². The molecule has 0 spiro atoms. The Bertz CT molecular complexity index is 738. The van der Waals surface area contributed by atoms with Gasteiger partial charge < -0.3 is 14.4 Å². The lowest BCUT2D eigenvalue weighted by molar-refractivity contribution is -0.152. The van der Waals surface area contributed by atoms with Crippen molar-refractivity contribution in [3.05, 3.63) is 65.2 Å². The van der Waals surface area contributed by atoms with Gasteiger partial charge in [-0.15, -0.1) is 0 Å². The Balaban J connectivity index is 1.67. The summed E-state index contributed by atoms with van der Waals surface area (Å²) in [4.78, 5) is 25.4. The van der Waals surface area contributed by atoms with Gasteiger partial charge in [-0.1, -0.05) is 48.9 Å². The molecule has 2 rings (SSSR count). The van der Waals surface area contributed by atoms with E-state index in [9.17, 15) is 9.59 Å². The topological polar surface area (TPSA) is 55.8 Å². The van der Waals surface area contributed by atoms with Crippen LogP contribution in [0, 0.1) is 6.92 Å². The van der Waals surface area contributed by atoms with Gasteiger partial charge in [-0.25, -0.2) is 0 Å². The number of hydrogen-bond donors (Lipinski definition) is 0. The molecule has 0 bridgehead atoms. The van der Waals surface area contributed by atoms with Gasteiger partial charge in [0, 0.05) is 13.6 Å². The molecule has 0 aliphatic carbocycles. The van der Waals surface area contributed by atoms with Crippen LogP contribution < -0.4 is 4.74 Å². The third-order valence-electron chi connectivity index (χ3n) is 4.23. The van der Waals surface area contributed by atoms with Gasteiger partial charge in [0.2, 0.25) is 0 Å². The van der Waals surface area contributed by atoms with E-state index in [1.54, 1.807) is 11.9 Å². The molecule has 0 N–H and O–H groups in total. The Morgan fingerprint density at radius 3 is 2.22 bits per heavy atom. The zero-order chi connectivity index (χ0) is 19.6. The smallest absolute Gasteiger partial charge is 0.309 e. The van der Waals surface area contributed by atoms with E-state index in [1.807, 2.05) is 43.3 Å². The number of carbonyl (C=O) groups is 2. The SMILES string of the molecule is CCc1ccc(CN(C)C(=O)COC(=O)CCOc2ccc(C)cc2)cc1. The van der Waals surface area contributed by atoms with Crippen LogP contribution in [0.2, 0.25) is 0 Å². The van der Waals surface area contributed by atoms with Crippen molar-refractivity contribution in [1.29, 1.82) is 0 Å². The minimum absolute atomic E-state index is 0.101. The summed E-state index contributed by atoms with van der Waals surface area (Å²) in [6.07, 6.45) is 1.09. The van der Waals surface area contributed by atoms with Gasteiger partial charge in [0.05, 0.1) is 13.0 Å². The fourth-order valence-electron chi connectivity index (χ4n) is 2.45. The highest BCUT2D eigenvalue weighted by Gasteiger charge is 2.12. The van der Waals surface area contributed by atoms with E-state index in [4.69, 9.17) is 9.47 Å². The van der Waals surface area contributed by atoms with Gasteiger partial charge in [-0.2, -0.15) is 0 Å². The molecule has 2 aromatic carbocycles. The molecule has 0 unspecified atom stereocenters. The zero-order valence-corrected chi connectivity index (χ0v) is 16.2. The lowest BCUT2D eigenvalue weighted by Crippen LogP contribution is -2.31. The molecule has 27 heavy (non-hydrogen) atoms. The van der Waals surface area contributed by atoms with Crippen molar-refractivity contribution in [2.24, 2.45) is 0 Å². The summed E-state index contributed by atoms with van der Waals surface area (Å²) in [6.45, 7) is 4.54. The Morgan fingerprint density at radius 1 is 0.963 bits per heavy atom. The van der Waals surface area contributed by atoms with Crippen LogP contribution in [0.4, 0.5) is 0 Å². The summed E-state index contributed by atoms with van der Waals surface area (Å²) in [5.41, 5.74) is 3.45. The maximum absolute atomic E-state index is 12.1. The molecule has 0 aliphatic heterocycles. The highest BCUT2D eigenvalue weighted by Crippen LogP contribution is 2.11. The first-order valence-electron chi connectivity index (χ1n) is 9.14. The zero-order valence-electron chi connectivity index (χ0n) is 16.2. The first kappa shape index (κ1) is 20.5. The van der Waals surface area contributed by atoms with E-state index >= 15 is 0 Å². The predicted molar refractivity (Wildman–Crippen MR) is 105 cm³/mol. The maximum Gasteiger partial charge on any atom is 0.309 e. The van der Waals surface area contributed by atoms with E-state index < -0.39 is 5.97 Å². The number of carbonyl (C=O) groups excluding carboxylic acids is 2. The minimum Gasteiger partial charge on any atom is -0.493 e. The van der Waals surface area contributed by atoms with Crippen LogP contribution in [-0.4, -0.2) is 37.0 Å². The highest BCUT2D eigenvalue weighted by molar-refractivity contribution is 5.80. The number of likely N-dealkylation sites (N-methyl/N-ethyl adjacent to an activating group) is 1. The van der Waals surface area contributed by atoms with Crippen molar-refractivity contribution in [3.63, 3.8) is 0 Å². The summed E-state index contributed by atoms with van der Waals surface area (Å²) >= 11 is 0. The molecule has 0 radical (unpaired) electrons. The molecule has 0 atom stereocenters. The van der Waals surface area contributed by atoms with Crippen molar-refractivity contribution in [3.8, 4) is 5.75 Å². The van der Waals surface area contributed by atoms with E-state index in [-0.39, 0.29) is 25.5 Å². The van der Waals surface area contributed by atoms with Gasteiger partial charge in [-0.05, 0) is 36.6 Å². The monoisotopic (exact) mass is 369 g/mol. The number of esters is 1.